The highest BCUT2D eigenvalue weighted by Gasteiger charge is 2.13. The van der Waals surface area contributed by atoms with Crippen molar-refractivity contribution in [3.05, 3.63) is 82.4 Å². The smallest absolute Gasteiger partial charge is 0.339 e. The van der Waals surface area contributed by atoms with Crippen LogP contribution in [0.3, 0.4) is 0 Å². The Balaban J connectivity index is 1.75. The number of hydrogen-bond donors (Lipinski definition) is 1. The maximum atomic E-state index is 11.3. The molecule has 0 radical (unpaired) electrons. The highest BCUT2D eigenvalue weighted by atomic mass is 16.5. The third kappa shape index (κ3) is 5.98. The molecule has 0 aliphatic rings. The van der Waals surface area contributed by atoms with E-state index in [2.05, 4.69) is 12.1 Å². The molecule has 0 aromatic heterocycles. The Morgan fingerprint density at radius 1 is 0.697 bits per heavy atom. The molecule has 0 bridgehead atoms. The lowest BCUT2D eigenvalue weighted by atomic mass is 9.97. The molecule has 6 nitrogen and oxygen atoms in total. The first kappa shape index (κ1) is 24.0. The molecule has 174 valence electrons. The van der Waals surface area contributed by atoms with Crippen LogP contribution < -0.4 is 18.9 Å². The molecular weight excluding hydrogens is 420 g/mol. The summed E-state index contributed by atoms with van der Waals surface area (Å²) in [6.07, 6.45) is 3.14. The van der Waals surface area contributed by atoms with Crippen molar-refractivity contribution in [3.8, 4) is 23.0 Å². The number of ether oxygens (including phenoxy) is 4. The molecule has 0 saturated heterocycles. The van der Waals surface area contributed by atoms with Gasteiger partial charge in [-0.05, 0) is 72.2 Å². The number of benzene rings is 3. The van der Waals surface area contributed by atoms with E-state index in [9.17, 15) is 9.90 Å². The van der Waals surface area contributed by atoms with Crippen LogP contribution in [0.15, 0.2) is 54.6 Å². The van der Waals surface area contributed by atoms with Crippen LogP contribution in [-0.2, 0) is 25.7 Å². The Morgan fingerprint density at radius 3 is 1.82 bits per heavy atom. The molecule has 0 spiro atoms. The maximum absolute atomic E-state index is 11.3. The topological polar surface area (TPSA) is 74.2 Å². The highest BCUT2D eigenvalue weighted by molar-refractivity contribution is 5.91. The van der Waals surface area contributed by atoms with Crippen LogP contribution >= 0.6 is 0 Å². The summed E-state index contributed by atoms with van der Waals surface area (Å²) in [5, 5.41) is 9.28. The SMILES string of the molecule is COc1cc(CCc2cccc(CCc3ccc(C(=O)O)c(OC)c3)c2OC)cc(OC)c1. The van der Waals surface area contributed by atoms with Gasteiger partial charge in [0.2, 0.25) is 0 Å². The lowest BCUT2D eigenvalue weighted by Gasteiger charge is -2.15. The van der Waals surface area contributed by atoms with Gasteiger partial charge < -0.3 is 24.1 Å². The normalized spacial score (nSPS) is 10.5. The Hall–Kier alpha value is -3.67. The molecule has 0 atom stereocenters. The van der Waals surface area contributed by atoms with E-state index >= 15 is 0 Å². The van der Waals surface area contributed by atoms with E-state index in [1.165, 1.54) is 7.11 Å². The van der Waals surface area contributed by atoms with Crippen LogP contribution in [0.2, 0.25) is 0 Å². The second-order valence-corrected chi connectivity index (χ2v) is 7.67. The Labute approximate surface area is 194 Å². The standard InChI is InChI=1S/C27H30O6/c1-30-22-14-19(15-23(17-22)31-2)9-12-21-7-5-6-20(26(21)33-4)11-8-18-10-13-24(27(28)29)25(16-18)32-3/h5-7,10,13-17H,8-9,11-12H2,1-4H3,(H,28,29). The van der Waals surface area contributed by atoms with Crippen molar-refractivity contribution in [2.45, 2.75) is 25.7 Å². The number of rotatable bonds is 11. The van der Waals surface area contributed by atoms with Crippen molar-refractivity contribution in [2.75, 3.05) is 28.4 Å². The number of aryl methyl sites for hydroxylation is 4. The lowest BCUT2D eigenvalue weighted by molar-refractivity contribution is 0.0693. The fourth-order valence-electron chi connectivity index (χ4n) is 3.93. The molecule has 0 fully saturated rings. The fourth-order valence-corrected chi connectivity index (χ4v) is 3.93. The molecule has 33 heavy (non-hydrogen) atoms. The Bertz CT molecular complexity index is 1080. The van der Waals surface area contributed by atoms with E-state index in [0.29, 0.717) is 5.75 Å². The van der Waals surface area contributed by atoms with Crippen LogP contribution in [0, 0.1) is 0 Å². The van der Waals surface area contributed by atoms with E-state index in [-0.39, 0.29) is 5.56 Å². The zero-order chi connectivity index (χ0) is 23.8. The van der Waals surface area contributed by atoms with Gasteiger partial charge in [-0.2, -0.15) is 0 Å². The maximum Gasteiger partial charge on any atom is 0.339 e. The summed E-state index contributed by atoms with van der Waals surface area (Å²) in [5.41, 5.74) is 4.54. The van der Waals surface area contributed by atoms with E-state index in [1.54, 1.807) is 33.5 Å². The van der Waals surface area contributed by atoms with E-state index in [0.717, 1.165) is 65.2 Å². The fraction of sp³-hybridized carbons (Fsp3) is 0.296. The molecule has 0 amide bonds. The highest BCUT2D eigenvalue weighted by Crippen LogP contribution is 2.29. The average molecular weight is 451 g/mol. The van der Waals surface area contributed by atoms with Gasteiger partial charge in [-0.15, -0.1) is 0 Å². The van der Waals surface area contributed by atoms with Crippen LogP contribution in [0.4, 0.5) is 0 Å². The number of hydrogen-bond acceptors (Lipinski definition) is 5. The predicted octanol–water partition coefficient (Wildman–Crippen LogP) is 4.99. The van der Waals surface area contributed by atoms with Crippen LogP contribution in [0.1, 0.15) is 32.6 Å². The molecule has 0 saturated carbocycles. The minimum Gasteiger partial charge on any atom is -0.497 e. The molecular formula is C27H30O6. The van der Waals surface area contributed by atoms with E-state index in [4.69, 9.17) is 18.9 Å². The molecule has 6 heteroatoms. The monoisotopic (exact) mass is 450 g/mol. The zero-order valence-electron chi connectivity index (χ0n) is 19.5. The largest absolute Gasteiger partial charge is 0.497 e. The molecule has 0 unspecified atom stereocenters. The van der Waals surface area contributed by atoms with Crippen molar-refractivity contribution in [1.29, 1.82) is 0 Å². The summed E-state index contributed by atoms with van der Waals surface area (Å²) in [7, 11) is 6.48. The first-order valence-corrected chi connectivity index (χ1v) is 10.8. The number of carboxylic acids is 1. The van der Waals surface area contributed by atoms with E-state index in [1.807, 2.05) is 30.3 Å². The van der Waals surface area contributed by atoms with Crippen molar-refractivity contribution >= 4 is 5.97 Å². The van der Waals surface area contributed by atoms with Gasteiger partial charge in [-0.3, -0.25) is 0 Å². The number of para-hydroxylation sites is 1. The molecule has 3 aromatic rings. The van der Waals surface area contributed by atoms with Crippen molar-refractivity contribution in [1.82, 2.24) is 0 Å². The van der Waals surface area contributed by atoms with Gasteiger partial charge >= 0.3 is 5.97 Å². The quantitative estimate of drug-likeness (QED) is 0.444. The Morgan fingerprint density at radius 2 is 1.30 bits per heavy atom. The van der Waals surface area contributed by atoms with Crippen LogP contribution in [0.25, 0.3) is 0 Å². The van der Waals surface area contributed by atoms with Gasteiger partial charge in [0.1, 0.15) is 28.6 Å². The van der Waals surface area contributed by atoms with Crippen molar-refractivity contribution in [3.63, 3.8) is 0 Å². The summed E-state index contributed by atoms with van der Waals surface area (Å²) in [5.74, 6) is 1.81. The first-order chi connectivity index (χ1) is 16.0. The average Bonchev–Trinajstić information content (AvgIpc) is 2.85. The minimum absolute atomic E-state index is 0.162. The third-order valence-electron chi connectivity index (χ3n) is 5.66. The molecule has 0 aliphatic heterocycles. The van der Waals surface area contributed by atoms with Crippen molar-refractivity contribution in [2.24, 2.45) is 0 Å². The van der Waals surface area contributed by atoms with E-state index < -0.39 is 5.97 Å². The summed E-state index contributed by atoms with van der Waals surface area (Å²) in [6.45, 7) is 0. The summed E-state index contributed by atoms with van der Waals surface area (Å²) < 4.78 is 21.8. The van der Waals surface area contributed by atoms with Crippen LogP contribution in [0.5, 0.6) is 23.0 Å². The lowest BCUT2D eigenvalue weighted by Crippen LogP contribution is -2.03. The molecule has 3 aromatic carbocycles. The molecule has 0 heterocycles. The third-order valence-corrected chi connectivity index (χ3v) is 5.66. The molecule has 1 N–H and O–H groups in total. The van der Waals surface area contributed by atoms with Gasteiger partial charge in [0.25, 0.3) is 0 Å². The number of carboxylic acid groups (broad SMARTS) is 1. The van der Waals surface area contributed by atoms with Crippen molar-refractivity contribution < 1.29 is 28.8 Å². The summed E-state index contributed by atoms with van der Waals surface area (Å²) >= 11 is 0. The van der Waals surface area contributed by atoms with Crippen LogP contribution in [-0.4, -0.2) is 39.5 Å². The summed E-state index contributed by atoms with van der Waals surface area (Å²) in [4.78, 5) is 11.3. The van der Waals surface area contributed by atoms with Gasteiger partial charge in [0, 0.05) is 6.07 Å². The van der Waals surface area contributed by atoms with Gasteiger partial charge in [0.15, 0.2) is 0 Å². The predicted molar refractivity (Wildman–Crippen MR) is 127 cm³/mol. The summed E-state index contributed by atoms with van der Waals surface area (Å²) in [6, 6.07) is 17.3. The van der Waals surface area contributed by atoms with Gasteiger partial charge in [0.05, 0.1) is 28.4 Å². The zero-order valence-corrected chi connectivity index (χ0v) is 19.5. The second kappa shape index (κ2) is 11.3. The van der Waals surface area contributed by atoms with Gasteiger partial charge in [-0.25, -0.2) is 4.79 Å². The number of aromatic carboxylic acids is 1. The number of methoxy groups -OCH3 is 4. The Kier molecular flexibility index (Phi) is 8.19. The second-order valence-electron chi connectivity index (χ2n) is 7.67. The molecule has 0 aliphatic carbocycles. The van der Waals surface area contributed by atoms with Gasteiger partial charge in [-0.1, -0.05) is 24.3 Å². The minimum atomic E-state index is -0.999. The first-order valence-electron chi connectivity index (χ1n) is 10.8. The number of carbonyl (C=O) groups is 1. The molecule has 3 rings (SSSR count).